The van der Waals surface area contributed by atoms with Gasteiger partial charge < -0.3 is 4.90 Å². The van der Waals surface area contributed by atoms with E-state index in [1.165, 1.54) is 4.90 Å². The van der Waals surface area contributed by atoms with E-state index in [4.69, 9.17) is 0 Å². The van der Waals surface area contributed by atoms with Crippen molar-refractivity contribution < 1.29 is 18.0 Å². The van der Waals surface area contributed by atoms with E-state index < -0.39 is 18.5 Å². The summed E-state index contributed by atoms with van der Waals surface area (Å²) in [7, 11) is 0. The molecule has 1 aliphatic heterocycles. The average molecular weight is 223 g/mol. The Bertz CT molecular complexity index is 229. The summed E-state index contributed by atoms with van der Waals surface area (Å²) in [6, 6.07) is 0. The third-order valence-electron chi connectivity index (χ3n) is 2.57. The van der Waals surface area contributed by atoms with Crippen LogP contribution in [0, 0.1) is 11.8 Å². The van der Waals surface area contributed by atoms with E-state index in [2.05, 4.69) is 0 Å². The Balaban J connectivity index is 2.52. The number of halogens is 3. The number of alkyl halides is 3. The van der Waals surface area contributed by atoms with Crippen LogP contribution in [0.15, 0.2) is 0 Å². The predicted octanol–water partition coefficient (Wildman–Crippen LogP) is 2.44. The summed E-state index contributed by atoms with van der Waals surface area (Å²) in [5.41, 5.74) is 0. The molecule has 1 aliphatic rings. The molecule has 1 heterocycles. The van der Waals surface area contributed by atoms with E-state index in [9.17, 15) is 18.0 Å². The Labute approximate surface area is 87.4 Å². The number of likely N-dealkylation sites (tertiary alicyclic amines) is 1. The topological polar surface area (TPSA) is 20.3 Å². The molecule has 0 radical (unpaired) electrons. The lowest BCUT2D eigenvalue weighted by molar-refractivity contribution is -0.163. The molecule has 0 aromatic heterocycles. The number of amides is 1. The van der Waals surface area contributed by atoms with Gasteiger partial charge in [0.2, 0.25) is 5.91 Å². The lowest BCUT2D eigenvalue weighted by atomic mass is 9.92. The SMILES string of the molecule is C[C@H]1C[C@H](C)CN(C(=O)CC(F)(F)F)C1. The molecule has 0 saturated carbocycles. The van der Waals surface area contributed by atoms with Crippen molar-refractivity contribution >= 4 is 5.91 Å². The van der Waals surface area contributed by atoms with Crippen molar-refractivity contribution in [3.8, 4) is 0 Å². The number of hydrogen-bond acceptors (Lipinski definition) is 1. The number of rotatable bonds is 1. The number of hydrogen-bond donors (Lipinski definition) is 0. The van der Waals surface area contributed by atoms with Gasteiger partial charge in [-0.25, -0.2) is 0 Å². The zero-order valence-electron chi connectivity index (χ0n) is 8.97. The standard InChI is InChI=1S/C10H16F3NO/c1-7-3-8(2)6-14(5-7)9(15)4-10(11,12)13/h7-8H,3-6H2,1-2H3/t7-,8-/m0/s1. The van der Waals surface area contributed by atoms with Gasteiger partial charge in [0.05, 0.1) is 0 Å². The Kier molecular flexibility index (Phi) is 3.62. The number of carbonyl (C=O) groups is 1. The normalized spacial score (nSPS) is 27.9. The van der Waals surface area contributed by atoms with Crippen LogP contribution in [0.2, 0.25) is 0 Å². The van der Waals surface area contributed by atoms with Gasteiger partial charge >= 0.3 is 6.18 Å². The summed E-state index contributed by atoms with van der Waals surface area (Å²) in [6.07, 6.45) is -4.73. The molecule has 15 heavy (non-hydrogen) atoms. The molecule has 0 aromatic carbocycles. The van der Waals surface area contributed by atoms with Crippen molar-refractivity contribution in [1.82, 2.24) is 4.90 Å². The van der Waals surface area contributed by atoms with Crippen LogP contribution in [0.4, 0.5) is 13.2 Å². The lowest BCUT2D eigenvalue weighted by Gasteiger charge is -2.35. The van der Waals surface area contributed by atoms with Crippen LogP contribution in [0.3, 0.4) is 0 Å². The van der Waals surface area contributed by atoms with E-state index in [0.29, 0.717) is 24.9 Å². The van der Waals surface area contributed by atoms with E-state index >= 15 is 0 Å². The van der Waals surface area contributed by atoms with Crippen LogP contribution in [-0.2, 0) is 4.79 Å². The van der Waals surface area contributed by atoms with Crippen molar-refractivity contribution in [1.29, 1.82) is 0 Å². The van der Waals surface area contributed by atoms with Crippen LogP contribution in [-0.4, -0.2) is 30.1 Å². The summed E-state index contributed by atoms with van der Waals surface area (Å²) in [5, 5.41) is 0. The zero-order valence-corrected chi connectivity index (χ0v) is 8.97. The molecule has 0 bridgehead atoms. The first-order valence-electron chi connectivity index (χ1n) is 5.12. The number of nitrogens with zero attached hydrogens (tertiary/aromatic N) is 1. The van der Waals surface area contributed by atoms with E-state index in [-0.39, 0.29) is 0 Å². The Morgan fingerprint density at radius 3 is 2.13 bits per heavy atom. The summed E-state index contributed by atoms with van der Waals surface area (Å²) < 4.78 is 36.0. The fourth-order valence-corrected chi connectivity index (χ4v) is 2.15. The van der Waals surface area contributed by atoms with E-state index in [0.717, 1.165) is 6.42 Å². The van der Waals surface area contributed by atoms with Crippen LogP contribution in [0.25, 0.3) is 0 Å². The fourth-order valence-electron chi connectivity index (χ4n) is 2.15. The second-order valence-corrected chi connectivity index (χ2v) is 4.54. The van der Waals surface area contributed by atoms with Crippen LogP contribution < -0.4 is 0 Å². The molecule has 0 aliphatic carbocycles. The first kappa shape index (κ1) is 12.3. The van der Waals surface area contributed by atoms with Gasteiger partial charge in [0.15, 0.2) is 0 Å². The lowest BCUT2D eigenvalue weighted by Crippen LogP contribution is -2.43. The van der Waals surface area contributed by atoms with Crippen molar-refractivity contribution in [3.05, 3.63) is 0 Å². The summed E-state index contributed by atoms with van der Waals surface area (Å²) in [5.74, 6) is -0.197. The second-order valence-electron chi connectivity index (χ2n) is 4.54. The molecular formula is C10H16F3NO. The van der Waals surface area contributed by atoms with Gasteiger partial charge in [0.1, 0.15) is 6.42 Å². The Morgan fingerprint density at radius 1 is 1.27 bits per heavy atom. The summed E-state index contributed by atoms with van der Waals surface area (Å²) >= 11 is 0. The molecule has 2 nitrogen and oxygen atoms in total. The molecule has 88 valence electrons. The van der Waals surface area contributed by atoms with Gasteiger partial charge in [-0.15, -0.1) is 0 Å². The maximum absolute atomic E-state index is 12.0. The number of carbonyl (C=O) groups excluding carboxylic acids is 1. The molecule has 0 spiro atoms. The smallest absolute Gasteiger partial charge is 0.342 e. The number of piperidine rings is 1. The van der Waals surface area contributed by atoms with Crippen molar-refractivity contribution in [3.63, 3.8) is 0 Å². The molecule has 5 heteroatoms. The zero-order chi connectivity index (χ0) is 11.6. The Morgan fingerprint density at radius 2 is 1.73 bits per heavy atom. The second kappa shape index (κ2) is 4.41. The molecule has 1 rings (SSSR count). The Hall–Kier alpha value is -0.740. The van der Waals surface area contributed by atoms with Gasteiger partial charge in [-0.3, -0.25) is 4.79 Å². The quantitative estimate of drug-likeness (QED) is 0.668. The minimum atomic E-state index is -4.39. The molecule has 1 fully saturated rings. The summed E-state index contributed by atoms with van der Waals surface area (Å²) in [4.78, 5) is 12.7. The minimum absolute atomic E-state index is 0.297. The van der Waals surface area contributed by atoms with Crippen molar-refractivity contribution in [2.75, 3.05) is 13.1 Å². The van der Waals surface area contributed by atoms with Crippen LogP contribution in [0.5, 0.6) is 0 Å². The maximum atomic E-state index is 12.0. The largest absolute Gasteiger partial charge is 0.397 e. The van der Waals surface area contributed by atoms with Gasteiger partial charge in [-0.05, 0) is 18.3 Å². The molecule has 0 unspecified atom stereocenters. The van der Waals surface area contributed by atoms with Crippen LogP contribution in [0.1, 0.15) is 26.7 Å². The van der Waals surface area contributed by atoms with Crippen LogP contribution >= 0.6 is 0 Å². The highest BCUT2D eigenvalue weighted by atomic mass is 19.4. The van der Waals surface area contributed by atoms with Crippen molar-refractivity contribution in [2.45, 2.75) is 32.9 Å². The molecule has 0 aromatic rings. The van der Waals surface area contributed by atoms with Gasteiger partial charge in [0, 0.05) is 13.1 Å². The fraction of sp³-hybridized carbons (Fsp3) is 0.900. The monoisotopic (exact) mass is 223 g/mol. The molecular weight excluding hydrogens is 207 g/mol. The highest BCUT2D eigenvalue weighted by Crippen LogP contribution is 2.25. The highest BCUT2D eigenvalue weighted by molar-refractivity contribution is 5.77. The van der Waals surface area contributed by atoms with E-state index in [1.54, 1.807) is 0 Å². The maximum Gasteiger partial charge on any atom is 0.397 e. The first-order valence-corrected chi connectivity index (χ1v) is 5.12. The van der Waals surface area contributed by atoms with Crippen molar-refractivity contribution in [2.24, 2.45) is 11.8 Å². The third-order valence-corrected chi connectivity index (χ3v) is 2.57. The molecule has 1 saturated heterocycles. The summed E-state index contributed by atoms with van der Waals surface area (Å²) in [6.45, 7) is 4.84. The van der Waals surface area contributed by atoms with Gasteiger partial charge in [-0.1, -0.05) is 13.8 Å². The molecule has 0 N–H and O–H groups in total. The third kappa shape index (κ3) is 4.10. The molecule has 2 atom stereocenters. The predicted molar refractivity (Wildman–Crippen MR) is 50.2 cm³/mol. The van der Waals surface area contributed by atoms with E-state index in [1.807, 2.05) is 13.8 Å². The average Bonchev–Trinajstić information content (AvgIpc) is 1.98. The minimum Gasteiger partial charge on any atom is -0.342 e. The molecule has 1 amide bonds. The highest BCUT2D eigenvalue weighted by Gasteiger charge is 2.35. The van der Waals surface area contributed by atoms with Gasteiger partial charge in [-0.2, -0.15) is 13.2 Å². The first-order chi connectivity index (χ1) is 6.78. The van der Waals surface area contributed by atoms with Gasteiger partial charge in [0.25, 0.3) is 0 Å².